The Hall–Kier alpha value is -7.12. The molecule has 11 aromatic rings. The Balaban J connectivity index is 1.07. The Morgan fingerprint density at radius 2 is 0.961 bits per heavy atom. The zero-order valence-electron chi connectivity index (χ0n) is 27.1. The molecule has 6 heterocycles. The van der Waals surface area contributed by atoms with E-state index in [0.29, 0.717) is 0 Å². The van der Waals surface area contributed by atoms with Crippen LogP contribution >= 0.6 is 0 Å². The fourth-order valence-corrected chi connectivity index (χ4v) is 7.64. The summed E-state index contributed by atoms with van der Waals surface area (Å²) in [6.45, 7) is 0. The van der Waals surface area contributed by atoms with Crippen molar-refractivity contribution in [2.75, 3.05) is 0 Å². The average Bonchev–Trinajstić information content (AvgIpc) is 3.85. The fraction of sp³-hybridized carbons (Fsp3) is 0. The van der Waals surface area contributed by atoms with E-state index >= 15 is 0 Å². The molecule has 7 heteroatoms. The van der Waals surface area contributed by atoms with E-state index in [2.05, 4.69) is 134 Å². The third-order valence-corrected chi connectivity index (χ3v) is 9.97. The topological polar surface area (TPSA) is 74.6 Å². The fourth-order valence-electron chi connectivity index (χ4n) is 7.64. The first-order chi connectivity index (χ1) is 25.3. The van der Waals surface area contributed by atoms with E-state index in [0.717, 1.165) is 83.3 Å². The lowest BCUT2D eigenvalue weighted by Gasteiger charge is -2.08. The molecule has 0 aliphatic carbocycles. The van der Waals surface area contributed by atoms with Crippen molar-refractivity contribution in [2.45, 2.75) is 0 Å². The van der Waals surface area contributed by atoms with Crippen molar-refractivity contribution in [3.8, 4) is 33.9 Å². The molecule has 0 aliphatic rings. The molecule has 0 bridgehead atoms. The Morgan fingerprint density at radius 1 is 0.412 bits per heavy atom. The van der Waals surface area contributed by atoms with Crippen molar-refractivity contribution in [1.29, 1.82) is 0 Å². The Morgan fingerprint density at radius 3 is 1.63 bits per heavy atom. The Bertz CT molecular complexity index is 2930. The number of aromatic nitrogens is 6. The molecule has 0 unspecified atom stereocenters. The summed E-state index contributed by atoms with van der Waals surface area (Å²) in [5.41, 5.74) is 11.6. The molecule has 0 amide bonds. The lowest BCUT2D eigenvalue weighted by molar-refractivity contribution is 0.665. The average molecular weight is 655 g/mol. The molecular weight excluding hydrogens is 629 g/mol. The van der Waals surface area contributed by atoms with Gasteiger partial charge in [0.15, 0.2) is 11.2 Å². The predicted molar refractivity (Wildman–Crippen MR) is 204 cm³/mol. The molecule has 0 spiro atoms. The first-order valence-electron chi connectivity index (χ1n) is 16.9. The second-order valence-corrected chi connectivity index (χ2v) is 12.8. The van der Waals surface area contributed by atoms with Crippen LogP contribution in [0.1, 0.15) is 0 Å². The van der Waals surface area contributed by atoms with Crippen molar-refractivity contribution >= 4 is 65.7 Å². The van der Waals surface area contributed by atoms with Gasteiger partial charge in [0.1, 0.15) is 12.0 Å². The van der Waals surface area contributed by atoms with Crippen molar-refractivity contribution in [3.63, 3.8) is 0 Å². The molecule has 238 valence electrons. The normalized spacial score (nSPS) is 11.9. The maximum atomic E-state index is 6.26. The first kappa shape index (κ1) is 27.8. The highest BCUT2D eigenvalue weighted by Gasteiger charge is 2.18. The number of furan rings is 1. The van der Waals surface area contributed by atoms with Crippen LogP contribution in [-0.4, -0.2) is 29.1 Å². The predicted octanol–water partition coefficient (Wildman–Crippen LogP) is 10.7. The minimum atomic E-state index is 0.724. The van der Waals surface area contributed by atoms with Crippen molar-refractivity contribution in [3.05, 3.63) is 158 Å². The van der Waals surface area contributed by atoms with Gasteiger partial charge in [0.05, 0.1) is 40.3 Å². The third kappa shape index (κ3) is 4.18. The summed E-state index contributed by atoms with van der Waals surface area (Å²) in [5.74, 6) is 0. The highest BCUT2D eigenvalue weighted by Crippen LogP contribution is 2.38. The van der Waals surface area contributed by atoms with E-state index in [1.54, 1.807) is 6.33 Å². The zero-order chi connectivity index (χ0) is 33.5. The Kier molecular flexibility index (Phi) is 5.83. The van der Waals surface area contributed by atoms with Crippen LogP contribution in [0, 0.1) is 0 Å². The second kappa shape index (κ2) is 10.7. The summed E-state index contributed by atoms with van der Waals surface area (Å²) < 4.78 is 10.8. The molecule has 0 radical (unpaired) electrons. The molecule has 0 N–H and O–H groups in total. The quantitative estimate of drug-likeness (QED) is 0.189. The van der Waals surface area contributed by atoms with Gasteiger partial charge in [0, 0.05) is 61.0 Å². The van der Waals surface area contributed by atoms with E-state index in [1.165, 1.54) is 16.3 Å². The van der Waals surface area contributed by atoms with Crippen LogP contribution in [0.4, 0.5) is 0 Å². The molecule has 0 atom stereocenters. The highest BCUT2D eigenvalue weighted by molar-refractivity contribution is 6.12. The van der Waals surface area contributed by atoms with Crippen LogP contribution < -0.4 is 0 Å². The maximum Gasteiger partial charge on any atom is 0.153 e. The van der Waals surface area contributed by atoms with Crippen LogP contribution in [0.25, 0.3) is 99.6 Å². The molecule has 11 rings (SSSR count). The van der Waals surface area contributed by atoms with E-state index in [-0.39, 0.29) is 0 Å². The van der Waals surface area contributed by atoms with Gasteiger partial charge in [-0.15, -0.1) is 0 Å². The van der Waals surface area contributed by atoms with Crippen molar-refractivity contribution < 1.29 is 4.42 Å². The number of nitrogens with zero attached hydrogens (tertiary/aromatic N) is 6. The number of fused-ring (bicyclic) bond motifs is 9. The van der Waals surface area contributed by atoms with Crippen LogP contribution in [0.15, 0.2) is 163 Å². The summed E-state index contributed by atoms with van der Waals surface area (Å²) in [6.07, 6.45) is 7.13. The van der Waals surface area contributed by atoms with Crippen LogP contribution in [0.5, 0.6) is 0 Å². The molecule has 5 aromatic carbocycles. The van der Waals surface area contributed by atoms with Gasteiger partial charge in [-0.05, 0) is 54.6 Å². The number of hydrogen-bond donors (Lipinski definition) is 0. The summed E-state index contributed by atoms with van der Waals surface area (Å²) in [5, 5.41) is 6.52. The van der Waals surface area contributed by atoms with Crippen LogP contribution in [0.3, 0.4) is 0 Å². The smallest absolute Gasteiger partial charge is 0.153 e. The standard InChI is InChI=1S/C44H26N6O/c1-3-9-29(10-4-1)49-39-14-8-7-13-31(39)32-17-15-27(19-40(32)49)37-21-34-35-22-38(47-25-43(35)51-42(34)24-46-37)28-16-18-33-36-23-45-26-48-44(36)50(41(33)20-28)30-11-5-2-6-12-30/h1-26H. The number of para-hydroxylation sites is 3. The van der Waals surface area contributed by atoms with Gasteiger partial charge < -0.3 is 8.98 Å². The number of rotatable bonds is 4. The van der Waals surface area contributed by atoms with Gasteiger partial charge in [0.25, 0.3) is 0 Å². The summed E-state index contributed by atoms with van der Waals surface area (Å²) >= 11 is 0. The number of pyridine rings is 2. The SMILES string of the molecule is c1ccc(-n2c3ccccc3c3ccc(-c4cc5c(cn4)oc4cnc(-c6ccc7c8cncnc8n(-c8ccccc8)c7c6)cc45)cc32)cc1. The van der Waals surface area contributed by atoms with E-state index in [1.807, 2.05) is 36.8 Å². The minimum Gasteiger partial charge on any atom is -0.453 e. The molecule has 0 aliphatic heterocycles. The summed E-state index contributed by atoms with van der Waals surface area (Å²) in [6, 6.07) is 46.7. The summed E-state index contributed by atoms with van der Waals surface area (Å²) in [4.78, 5) is 18.7. The third-order valence-electron chi connectivity index (χ3n) is 9.97. The number of benzene rings is 5. The van der Waals surface area contributed by atoms with Crippen molar-refractivity contribution in [1.82, 2.24) is 29.1 Å². The van der Waals surface area contributed by atoms with E-state index in [4.69, 9.17) is 14.4 Å². The molecule has 0 saturated carbocycles. The molecule has 7 nitrogen and oxygen atoms in total. The second-order valence-electron chi connectivity index (χ2n) is 12.8. The first-order valence-corrected chi connectivity index (χ1v) is 16.9. The highest BCUT2D eigenvalue weighted by atomic mass is 16.3. The van der Waals surface area contributed by atoms with Gasteiger partial charge in [-0.2, -0.15) is 0 Å². The van der Waals surface area contributed by atoms with Crippen molar-refractivity contribution in [2.24, 2.45) is 0 Å². The molecule has 0 fully saturated rings. The molecule has 6 aromatic heterocycles. The maximum absolute atomic E-state index is 6.26. The molecule has 0 saturated heterocycles. The van der Waals surface area contributed by atoms with Gasteiger partial charge in [0.2, 0.25) is 0 Å². The van der Waals surface area contributed by atoms with Gasteiger partial charge in [-0.3, -0.25) is 14.5 Å². The minimum absolute atomic E-state index is 0.724. The largest absolute Gasteiger partial charge is 0.453 e. The van der Waals surface area contributed by atoms with Crippen LogP contribution in [0.2, 0.25) is 0 Å². The monoisotopic (exact) mass is 654 g/mol. The van der Waals surface area contributed by atoms with E-state index < -0.39 is 0 Å². The van der Waals surface area contributed by atoms with Gasteiger partial charge in [-0.1, -0.05) is 78.9 Å². The Labute approximate surface area is 290 Å². The van der Waals surface area contributed by atoms with E-state index in [9.17, 15) is 0 Å². The molecule has 51 heavy (non-hydrogen) atoms. The number of hydrogen-bond acceptors (Lipinski definition) is 5. The summed E-state index contributed by atoms with van der Waals surface area (Å²) in [7, 11) is 0. The van der Waals surface area contributed by atoms with Crippen LogP contribution in [-0.2, 0) is 0 Å². The van der Waals surface area contributed by atoms with Gasteiger partial charge >= 0.3 is 0 Å². The zero-order valence-corrected chi connectivity index (χ0v) is 27.1. The molecular formula is C44H26N6O. The lowest BCUT2D eigenvalue weighted by Crippen LogP contribution is -1.95. The lowest BCUT2D eigenvalue weighted by atomic mass is 10.0. The van der Waals surface area contributed by atoms with Gasteiger partial charge in [-0.25, -0.2) is 9.97 Å².